The van der Waals surface area contributed by atoms with Crippen LogP contribution in [0.15, 0.2) is 42.5 Å². The Hall–Kier alpha value is -5.11. The van der Waals surface area contributed by atoms with Gasteiger partial charge in [-0.1, -0.05) is 36.4 Å². The van der Waals surface area contributed by atoms with Gasteiger partial charge < -0.3 is 34.3 Å². The first-order valence-corrected chi connectivity index (χ1v) is 13.1. The Balaban J connectivity index is 1.65. The van der Waals surface area contributed by atoms with Crippen molar-refractivity contribution in [2.24, 2.45) is 0 Å². The van der Waals surface area contributed by atoms with Crippen LogP contribution < -0.4 is 10.6 Å². The summed E-state index contributed by atoms with van der Waals surface area (Å²) in [4.78, 5) is 87.1. The van der Waals surface area contributed by atoms with E-state index in [0.29, 0.717) is 0 Å². The molecule has 1 fully saturated rings. The minimum Gasteiger partial charge on any atom is -0.463 e. The second-order valence-corrected chi connectivity index (χ2v) is 9.65. The molecule has 1 aliphatic carbocycles. The number of fused-ring (bicyclic) bond motifs is 2. The molecule has 1 heterocycles. The lowest BCUT2D eigenvalue weighted by Gasteiger charge is -2.44. The van der Waals surface area contributed by atoms with Crippen LogP contribution in [0.5, 0.6) is 0 Å². The van der Waals surface area contributed by atoms with Crippen molar-refractivity contribution in [3.8, 4) is 0 Å². The molecule has 2 aliphatic rings. The standard InChI is InChI=1S/C29H28N2O12/c1-13(32)39-12-21-25(40-14(2)33)26(41-15(3)34)27(42-16(4)35)28(43-21)31-29(38)30-20-11-7-10-19-22(20)24(37)18-9-6-5-8-17(18)23(19)36/h5-11,21,25-28H,12H2,1-4H3,(H2,30,31,38)/t21-,25-,26+,27-,28-/m1/s1. The van der Waals surface area contributed by atoms with E-state index in [-0.39, 0.29) is 27.9 Å². The number of hydrogen-bond acceptors (Lipinski definition) is 12. The lowest BCUT2D eigenvalue weighted by atomic mass is 9.83. The number of esters is 4. The van der Waals surface area contributed by atoms with Gasteiger partial charge >= 0.3 is 29.9 Å². The summed E-state index contributed by atoms with van der Waals surface area (Å²) in [6.45, 7) is 3.85. The van der Waals surface area contributed by atoms with Gasteiger partial charge in [0.2, 0.25) is 0 Å². The van der Waals surface area contributed by atoms with E-state index in [2.05, 4.69) is 10.6 Å². The Morgan fingerprint density at radius 1 is 0.698 bits per heavy atom. The molecule has 14 heteroatoms. The van der Waals surface area contributed by atoms with Crippen molar-refractivity contribution in [2.45, 2.75) is 58.3 Å². The zero-order chi connectivity index (χ0) is 31.4. The van der Waals surface area contributed by atoms with Crippen molar-refractivity contribution < 1.29 is 57.2 Å². The number of carbonyl (C=O) groups excluding carboxylic acids is 7. The van der Waals surface area contributed by atoms with Crippen LogP contribution in [0.1, 0.15) is 59.5 Å². The molecular formula is C29H28N2O12. The molecule has 2 N–H and O–H groups in total. The number of ether oxygens (including phenoxy) is 5. The molecule has 4 rings (SSSR count). The van der Waals surface area contributed by atoms with E-state index in [1.807, 2.05) is 0 Å². The van der Waals surface area contributed by atoms with Crippen LogP contribution in [-0.4, -0.2) is 78.7 Å². The molecule has 14 nitrogen and oxygen atoms in total. The molecule has 0 aromatic heterocycles. The van der Waals surface area contributed by atoms with Crippen LogP contribution in [0, 0.1) is 0 Å². The maximum atomic E-state index is 13.3. The third-order valence-corrected chi connectivity index (χ3v) is 6.46. The average molecular weight is 597 g/mol. The normalized spacial score (nSPS) is 22.3. The van der Waals surface area contributed by atoms with E-state index in [1.165, 1.54) is 30.3 Å². The van der Waals surface area contributed by atoms with Gasteiger partial charge in [0.05, 0.1) is 11.3 Å². The van der Waals surface area contributed by atoms with Gasteiger partial charge in [0.15, 0.2) is 36.1 Å². The molecule has 226 valence electrons. The first kappa shape index (κ1) is 30.8. The fourth-order valence-corrected chi connectivity index (χ4v) is 4.88. The molecule has 0 unspecified atom stereocenters. The van der Waals surface area contributed by atoms with Gasteiger partial charge in [-0.15, -0.1) is 0 Å². The van der Waals surface area contributed by atoms with E-state index in [1.54, 1.807) is 12.1 Å². The summed E-state index contributed by atoms with van der Waals surface area (Å²) in [6.07, 6.45) is -7.27. The lowest BCUT2D eigenvalue weighted by Crippen LogP contribution is -2.66. The largest absolute Gasteiger partial charge is 0.463 e. The summed E-state index contributed by atoms with van der Waals surface area (Å²) in [5.41, 5.74) is 0.485. The molecule has 2 amide bonds. The molecule has 0 radical (unpaired) electrons. The number of amides is 2. The summed E-state index contributed by atoms with van der Waals surface area (Å²) in [6, 6.07) is 9.71. The smallest absolute Gasteiger partial charge is 0.321 e. The first-order valence-electron chi connectivity index (χ1n) is 13.1. The van der Waals surface area contributed by atoms with Gasteiger partial charge in [-0.3, -0.25) is 28.8 Å². The highest BCUT2D eigenvalue weighted by Gasteiger charge is 2.52. The van der Waals surface area contributed by atoms with Crippen molar-refractivity contribution in [2.75, 3.05) is 11.9 Å². The fourth-order valence-electron chi connectivity index (χ4n) is 4.88. The molecule has 1 saturated heterocycles. The number of nitrogens with one attached hydrogen (secondary N) is 2. The third kappa shape index (κ3) is 6.86. The van der Waals surface area contributed by atoms with Crippen molar-refractivity contribution in [1.82, 2.24) is 5.32 Å². The third-order valence-electron chi connectivity index (χ3n) is 6.46. The second-order valence-electron chi connectivity index (χ2n) is 9.65. The molecule has 1 aliphatic heterocycles. The number of ketones is 2. The van der Waals surface area contributed by atoms with Crippen LogP contribution >= 0.6 is 0 Å². The molecule has 43 heavy (non-hydrogen) atoms. The number of carbonyl (C=O) groups is 7. The van der Waals surface area contributed by atoms with Gasteiger partial charge in [-0.05, 0) is 6.07 Å². The highest BCUT2D eigenvalue weighted by Crippen LogP contribution is 2.32. The minimum absolute atomic E-state index is 0.00786. The predicted octanol–water partition coefficient (Wildman–Crippen LogP) is 1.67. The van der Waals surface area contributed by atoms with Crippen LogP contribution in [-0.2, 0) is 42.9 Å². The Morgan fingerprint density at radius 2 is 1.26 bits per heavy atom. The fraction of sp³-hybridized carbons (Fsp3) is 0.345. The van der Waals surface area contributed by atoms with Crippen molar-refractivity contribution >= 4 is 47.2 Å². The highest BCUT2D eigenvalue weighted by molar-refractivity contribution is 6.30. The van der Waals surface area contributed by atoms with Crippen molar-refractivity contribution in [3.05, 3.63) is 64.7 Å². The van der Waals surface area contributed by atoms with E-state index >= 15 is 0 Å². The number of rotatable bonds is 7. The summed E-state index contributed by atoms with van der Waals surface area (Å²) in [5, 5.41) is 4.97. The van der Waals surface area contributed by atoms with E-state index in [9.17, 15) is 33.6 Å². The molecule has 5 atom stereocenters. The van der Waals surface area contributed by atoms with Crippen LogP contribution in [0.25, 0.3) is 0 Å². The average Bonchev–Trinajstić information content (AvgIpc) is 2.93. The van der Waals surface area contributed by atoms with Gasteiger partial charge in [0.25, 0.3) is 0 Å². The van der Waals surface area contributed by atoms with Crippen LogP contribution in [0.2, 0.25) is 0 Å². The Morgan fingerprint density at radius 3 is 1.86 bits per heavy atom. The molecule has 2 aromatic rings. The summed E-state index contributed by atoms with van der Waals surface area (Å²) >= 11 is 0. The number of anilines is 1. The second kappa shape index (κ2) is 12.8. The zero-order valence-electron chi connectivity index (χ0n) is 23.5. The predicted molar refractivity (Wildman–Crippen MR) is 144 cm³/mol. The quantitative estimate of drug-likeness (QED) is 0.297. The van der Waals surface area contributed by atoms with E-state index in [4.69, 9.17) is 23.7 Å². The van der Waals surface area contributed by atoms with E-state index < -0.39 is 78.7 Å². The molecular weight excluding hydrogens is 568 g/mol. The molecule has 2 aromatic carbocycles. The van der Waals surface area contributed by atoms with Crippen molar-refractivity contribution in [1.29, 1.82) is 0 Å². The molecule has 0 spiro atoms. The maximum Gasteiger partial charge on any atom is 0.321 e. The van der Waals surface area contributed by atoms with Crippen LogP contribution in [0.4, 0.5) is 10.5 Å². The number of hydrogen-bond donors (Lipinski definition) is 2. The van der Waals surface area contributed by atoms with Crippen molar-refractivity contribution in [3.63, 3.8) is 0 Å². The Labute approximate surface area is 244 Å². The highest BCUT2D eigenvalue weighted by atomic mass is 16.7. The van der Waals surface area contributed by atoms with Crippen LogP contribution in [0.3, 0.4) is 0 Å². The maximum absolute atomic E-state index is 13.3. The Bertz CT molecular complexity index is 1500. The first-order chi connectivity index (χ1) is 20.4. The monoisotopic (exact) mass is 596 g/mol. The topological polar surface area (TPSA) is 190 Å². The van der Waals surface area contributed by atoms with Gasteiger partial charge in [0.1, 0.15) is 12.7 Å². The van der Waals surface area contributed by atoms with Gasteiger partial charge in [0, 0.05) is 44.4 Å². The van der Waals surface area contributed by atoms with E-state index in [0.717, 1.165) is 27.7 Å². The molecule has 0 bridgehead atoms. The molecule has 0 saturated carbocycles. The summed E-state index contributed by atoms with van der Waals surface area (Å²) < 4.78 is 26.9. The lowest BCUT2D eigenvalue weighted by molar-refractivity contribution is -0.255. The van der Waals surface area contributed by atoms with Gasteiger partial charge in [-0.25, -0.2) is 4.79 Å². The number of urea groups is 1. The minimum atomic E-state index is -1.54. The summed E-state index contributed by atoms with van der Waals surface area (Å²) in [7, 11) is 0. The summed E-state index contributed by atoms with van der Waals surface area (Å²) in [5.74, 6) is -4.07. The SMILES string of the molecule is CC(=O)OC[C@H]1O[C@@H](NC(=O)Nc2cccc3c2C(=O)c2ccccc2C3=O)[C@H](OC(C)=O)[C@@H](OC(C)=O)[C@@H]1OC(C)=O. The Kier molecular flexibility index (Phi) is 9.19. The van der Waals surface area contributed by atoms with Gasteiger partial charge in [-0.2, -0.15) is 0 Å². The zero-order valence-corrected chi connectivity index (χ0v) is 23.5. The number of benzene rings is 2.